The van der Waals surface area contributed by atoms with Crippen LogP contribution in [0.2, 0.25) is 0 Å². The van der Waals surface area contributed by atoms with Crippen LogP contribution in [0.25, 0.3) is 11.2 Å². The van der Waals surface area contributed by atoms with E-state index in [2.05, 4.69) is 53.7 Å². The highest BCUT2D eigenvalue weighted by atomic mass is 16.6. The second-order valence-corrected chi connectivity index (χ2v) is 12.6. The molecule has 1 aliphatic carbocycles. The zero-order chi connectivity index (χ0) is 33.3. The van der Waals surface area contributed by atoms with Crippen molar-refractivity contribution in [2.45, 2.75) is 69.1 Å². The maximum atomic E-state index is 13.0. The second-order valence-electron chi connectivity index (χ2n) is 12.6. The molecule has 2 aliphatic heterocycles. The Balaban J connectivity index is 0.962. The molecule has 2 aromatic heterocycles. The number of unbranched alkanes of at least 4 members (excludes halogenated alkanes) is 2. The largest absolute Gasteiger partial charge is 0.387 e. The highest BCUT2D eigenvalue weighted by Crippen LogP contribution is 2.36. The molecule has 2 amide bonds. The molecule has 1 aromatic carbocycles. The lowest BCUT2D eigenvalue weighted by Gasteiger charge is -2.24. The lowest BCUT2D eigenvalue weighted by Crippen LogP contribution is -2.44. The average molecular weight is 665 g/mol. The number of rotatable bonds is 10. The molecule has 15 nitrogen and oxygen atoms in total. The molecule has 48 heavy (non-hydrogen) atoms. The monoisotopic (exact) mass is 664 g/mol. The smallest absolute Gasteiger partial charge is 0.252 e. The van der Waals surface area contributed by atoms with E-state index in [0.29, 0.717) is 49.5 Å². The van der Waals surface area contributed by atoms with E-state index in [4.69, 9.17) is 4.74 Å². The van der Waals surface area contributed by atoms with Crippen molar-refractivity contribution in [3.05, 3.63) is 48.0 Å². The van der Waals surface area contributed by atoms with Crippen molar-refractivity contribution in [1.82, 2.24) is 45.7 Å². The molecule has 7 N–H and O–H groups in total. The number of aryl methyl sites for hydroxylation is 1. The fourth-order valence-corrected chi connectivity index (χ4v) is 6.69. The van der Waals surface area contributed by atoms with Crippen molar-refractivity contribution in [1.29, 1.82) is 0 Å². The summed E-state index contributed by atoms with van der Waals surface area (Å²) >= 11 is 0. The van der Waals surface area contributed by atoms with Gasteiger partial charge in [-0.25, -0.2) is 15.0 Å². The highest BCUT2D eigenvalue weighted by molar-refractivity contribution is 5.84. The van der Waals surface area contributed by atoms with Crippen molar-refractivity contribution >= 4 is 28.8 Å². The Morgan fingerprint density at radius 2 is 1.67 bits per heavy atom. The van der Waals surface area contributed by atoms with Crippen LogP contribution in [0.1, 0.15) is 55.5 Å². The summed E-state index contributed by atoms with van der Waals surface area (Å²) in [7, 11) is 0. The number of nitrogens with zero attached hydrogens (tertiary/aromatic N) is 5. The van der Waals surface area contributed by atoms with Crippen LogP contribution in [0.3, 0.4) is 0 Å². The summed E-state index contributed by atoms with van der Waals surface area (Å²) in [6.45, 7) is 6.84. The van der Waals surface area contributed by atoms with Crippen LogP contribution in [-0.4, -0.2) is 124 Å². The van der Waals surface area contributed by atoms with Crippen LogP contribution in [0.5, 0.6) is 0 Å². The molecular formula is C33H48N10O5. The van der Waals surface area contributed by atoms with Crippen LogP contribution >= 0.6 is 0 Å². The first-order chi connectivity index (χ1) is 23.5. The second kappa shape index (κ2) is 16.6. The molecule has 0 radical (unpaired) electrons. The zero-order valence-electron chi connectivity index (χ0n) is 27.3. The molecule has 2 fully saturated rings. The molecule has 2 saturated heterocycles. The number of nitrogens with one attached hydrogen (secondary N) is 5. The predicted molar refractivity (Wildman–Crippen MR) is 179 cm³/mol. The van der Waals surface area contributed by atoms with Crippen molar-refractivity contribution in [3.63, 3.8) is 0 Å². The van der Waals surface area contributed by atoms with E-state index >= 15 is 0 Å². The van der Waals surface area contributed by atoms with Gasteiger partial charge in [-0.1, -0.05) is 30.7 Å². The molecule has 5 atom stereocenters. The Hall–Kier alpha value is -3.73. The Kier molecular flexibility index (Phi) is 11.8. The highest BCUT2D eigenvalue weighted by Gasteiger charge is 2.47. The Bertz CT molecular complexity index is 1510. The maximum Gasteiger partial charge on any atom is 0.252 e. The van der Waals surface area contributed by atoms with E-state index < -0.39 is 30.4 Å². The van der Waals surface area contributed by atoms with Crippen LogP contribution < -0.4 is 26.6 Å². The lowest BCUT2D eigenvalue weighted by atomic mass is 10.1. The summed E-state index contributed by atoms with van der Waals surface area (Å²) in [6, 6.07) is 8.41. The van der Waals surface area contributed by atoms with Crippen molar-refractivity contribution in [2.75, 3.05) is 64.2 Å². The van der Waals surface area contributed by atoms with Crippen LogP contribution in [0.15, 0.2) is 36.9 Å². The number of amides is 2. The number of carbonyl (C=O) groups is 2. The van der Waals surface area contributed by atoms with Gasteiger partial charge < -0.3 is 46.4 Å². The number of hydrogen-bond donors (Lipinski definition) is 7. The third-order valence-electron chi connectivity index (χ3n) is 9.37. The molecule has 3 aliphatic rings. The van der Waals surface area contributed by atoms with Gasteiger partial charge in [0.2, 0.25) is 5.91 Å². The van der Waals surface area contributed by atoms with Gasteiger partial charge in [0.1, 0.15) is 18.5 Å². The van der Waals surface area contributed by atoms with Gasteiger partial charge in [-0.3, -0.25) is 14.2 Å². The van der Waals surface area contributed by atoms with E-state index in [1.807, 2.05) is 17.0 Å². The average Bonchev–Trinajstić information content (AvgIpc) is 3.79. The summed E-state index contributed by atoms with van der Waals surface area (Å²) in [5.74, 6) is 0.204. The molecule has 4 heterocycles. The van der Waals surface area contributed by atoms with Gasteiger partial charge >= 0.3 is 0 Å². The summed E-state index contributed by atoms with van der Waals surface area (Å²) < 4.78 is 7.45. The van der Waals surface area contributed by atoms with Gasteiger partial charge in [0.15, 0.2) is 29.3 Å². The van der Waals surface area contributed by atoms with Crippen molar-refractivity contribution < 1.29 is 24.5 Å². The van der Waals surface area contributed by atoms with Crippen LogP contribution in [-0.2, 0) is 20.7 Å². The summed E-state index contributed by atoms with van der Waals surface area (Å²) in [4.78, 5) is 41.1. The first-order valence-electron chi connectivity index (χ1n) is 17.2. The minimum absolute atomic E-state index is 0.0916. The number of aromatic nitrogens is 4. The molecular weight excluding hydrogens is 616 g/mol. The molecule has 0 spiro atoms. The number of aliphatic hydroxyl groups excluding tert-OH is 2. The van der Waals surface area contributed by atoms with E-state index in [9.17, 15) is 19.8 Å². The van der Waals surface area contributed by atoms with Crippen molar-refractivity contribution in [2.24, 2.45) is 0 Å². The number of ether oxygens (including phenoxy) is 1. The Morgan fingerprint density at radius 3 is 2.46 bits per heavy atom. The number of hydrogen-bond acceptors (Lipinski definition) is 12. The van der Waals surface area contributed by atoms with Gasteiger partial charge in [-0.05, 0) is 36.8 Å². The van der Waals surface area contributed by atoms with Gasteiger partial charge in [0.05, 0.1) is 12.4 Å². The summed E-state index contributed by atoms with van der Waals surface area (Å²) in [5.41, 5.74) is 3.47. The third-order valence-corrected chi connectivity index (χ3v) is 9.37. The quantitative estimate of drug-likeness (QED) is 0.142. The number of carbonyl (C=O) groups excluding carboxylic acids is 2. The minimum Gasteiger partial charge on any atom is -0.387 e. The summed E-state index contributed by atoms with van der Waals surface area (Å²) in [6.07, 6.45) is 2.32. The van der Waals surface area contributed by atoms with Crippen LogP contribution in [0, 0.1) is 0 Å². The topological polar surface area (TPSA) is 191 Å². The zero-order valence-corrected chi connectivity index (χ0v) is 27.3. The van der Waals surface area contributed by atoms with Gasteiger partial charge in [-0.15, -0.1) is 0 Å². The Labute approximate surface area is 280 Å². The van der Waals surface area contributed by atoms with Gasteiger partial charge in [0, 0.05) is 65.3 Å². The molecule has 0 saturated carbocycles. The molecule has 15 heteroatoms. The number of fused-ring (bicyclic) bond motifs is 2. The standard InChI is InChI=1S/C33H48N10O5/c44-25(42-18-16-35-14-12-34-13-15-36-17-19-42)8-2-1-5-11-37-32(47)29-27(45)28(46)33(48-29)43-21-40-26-30(38-20-39-31(26)43)41-24-10-9-22-6-3-4-7-23(22)24/h3-4,6-7,20-21,24,27-29,33-36,45-46H,1-2,5,8-19H2,(H,37,47)(H,38,39,41)/t24-,27?,28?,29?,33?/m0/s1. The molecule has 3 aromatic rings. The lowest BCUT2D eigenvalue weighted by molar-refractivity contribution is -0.137. The molecule has 0 bridgehead atoms. The number of aliphatic hydroxyl groups is 2. The predicted octanol–water partition coefficient (Wildman–Crippen LogP) is -0.167. The normalized spacial score (nSPS) is 25.3. The molecule has 6 rings (SSSR count). The van der Waals surface area contributed by atoms with E-state index in [-0.39, 0.29) is 11.9 Å². The van der Waals surface area contributed by atoms with Gasteiger partial charge in [0.25, 0.3) is 5.91 Å². The van der Waals surface area contributed by atoms with E-state index in [1.54, 1.807) is 0 Å². The first kappa shape index (κ1) is 34.1. The minimum atomic E-state index is -1.43. The summed E-state index contributed by atoms with van der Waals surface area (Å²) in [5, 5.41) is 38.1. The Morgan fingerprint density at radius 1 is 0.917 bits per heavy atom. The van der Waals surface area contributed by atoms with Crippen LogP contribution in [0.4, 0.5) is 5.82 Å². The van der Waals surface area contributed by atoms with Crippen molar-refractivity contribution in [3.8, 4) is 0 Å². The molecule has 4 unspecified atom stereocenters. The fraction of sp³-hybridized carbons (Fsp3) is 0.606. The fourth-order valence-electron chi connectivity index (χ4n) is 6.69. The van der Waals surface area contributed by atoms with E-state index in [1.165, 1.54) is 28.3 Å². The number of anilines is 1. The number of imidazole rings is 1. The third kappa shape index (κ3) is 8.10. The SMILES string of the molecule is O=C(NCCCCCC(=O)N1CCNCCNCCNCC1)C1OC(n2cnc3c(N[C@H]4CCc5ccccc54)ncnc32)C(O)C1O. The molecule has 260 valence electrons. The maximum absolute atomic E-state index is 13.0. The number of benzene rings is 1. The first-order valence-corrected chi connectivity index (χ1v) is 17.2. The van der Waals surface area contributed by atoms with E-state index in [0.717, 1.165) is 65.0 Å². The van der Waals surface area contributed by atoms with Gasteiger partial charge in [-0.2, -0.15) is 0 Å².